The molecule has 0 bridgehead atoms. The number of benzene rings is 1. The molecule has 0 aromatic heterocycles. The number of hydrogen-bond acceptors (Lipinski definition) is 4. The Morgan fingerprint density at radius 3 is 2.81 bits per heavy atom. The lowest BCUT2D eigenvalue weighted by atomic mass is 9.96. The number of rotatable bonds is 8. The summed E-state index contributed by atoms with van der Waals surface area (Å²) in [6, 6.07) is 7.35. The fourth-order valence-electron chi connectivity index (χ4n) is 3.05. The van der Waals surface area contributed by atoms with Crippen molar-refractivity contribution >= 4 is 11.8 Å². The Kier molecular flexibility index (Phi) is 7.91. The van der Waals surface area contributed by atoms with Gasteiger partial charge in [0.05, 0.1) is 11.5 Å². The molecule has 0 saturated carbocycles. The van der Waals surface area contributed by atoms with Crippen LogP contribution in [0.5, 0.6) is 5.75 Å². The maximum Gasteiger partial charge on any atom is 0.257 e. The molecular formula is C20H31N3O3. The summed E-state index contributed by atoms with van der Waals surface area (Å²) in [6.45, 7) is 5.18. The van der Waals surface area contributed by atoms with Gasteiger partial charge in [-0.3, -0.25) is 9.59 Å². The fourth-order valence-corrected chi connectivity index (χ4v) is 3.05. The second-order valence-electron chi connectivity index (χ2n) is 7.03. The molecule has 0 radical (unpaired) electrons. The number of para-hydroxylation sites is 1. The van der Waals surface area contributed by atoms with E-state index in [0.717, 1.165) is 25.8 Å². The highest BCUT2D eigenvalue weighted by Crippen LogP contribution is 2.24. The van der Waals surface area contributed by atoms with Gasteiger partial charge in [-0.05, 0) is 45.5 Å². The average Bonchev–Trinajstić information content (AvgIpc) is 2.65. The molecule has 0 spiro atoms. The van der Waals surface area contributed by atoms with E-state index in [4.69, 9.17) is 4.74 Å². The number of nitrogens with zero attached hydrogens (tertiary/aromatic N) is 2. The second-order valence-corrected chi connectivity index (χ2v) is 7.03. The van der Waals surface area contributed by atoms with Gasteiger partial charge >= 0.3 is 0 Å². The van der Waals surface area contributed by atoms with Crippen molar-refractivity contribution < 1.29 is 14.3 Å². The van der Waals surface area contributed by atoms with E-state index < -0.39 is 0 Å². The van der Waals surface area contributed by atoms with Crippen molar-refractivity contribution in [1.82, 2.24) is 15.1 Å². The minimum Gasteiger partial charge on any atom is -0.491 e. The molecule has 1 aliphatic rings. The van der Waals surface area contributed by atoms with E-state index in [1.54, 1.807) is 11.0 Å². The maximum atomic E-state index is 13.0. The van der Waals surface area contributed by atoms with Crippen molar-refractivity contribution in [3.8, 4) is 5.75 Å². The number of ether oxygens (including phenoxy) is 1. The number of likely N-dealkylation sites (N-methyl/N-ethyl adjacent to an activating group) is 1. The number of likely N-dealkylation sites (tertiary alicyclic amines) is 1. The van der Waals surface area contributed by atoms with Gasteiger partial charge in [0, 0.05) is 26.2 Å². The van der Waals surface area contributed by atoms with Gasteiger partial charge in [-0.2, -0.15) is 0 Å². The van der Waals surface area contributed by atoms with Gasteiger partial charge in [-0.1, -0.05) is 19.1 Å². The van der Waals surface area contributed by atoms with E-state index in [2.05, 4.69) is 5.32 Å². The van der Waals surface area contributed by atoms with E-state index in [-0.39, 0.29) is 17.7 Å². The molecule has 1 atom stereocenters. The SMILES string of the molecule is CCCNC(=O)C1CCCN(C(=O)c2ccccc2OCCN(C)C)C1. The summed E-state index contributed by atoms with van der Waals surface area (Å²) in [7, 11) is 3.97. The van der Waals surface area contributed by atoms with Gasteiger partial charge in [-0.15, -0.1) is 0 Å². The zero-order chi connectivity index (χ0) is 18.9. The Balaban J connectivity index is 2.02. The smallest absolute Gasteiger partial charge is 0.257 e. The molecule has 1 aliphatic heterocycles. The molecule has 1 saturated heterocycles. The van der Waals surface area contributed by atoms with E-state index in [1.165, 1.54) is 0 Å². The van der Waals surface area contributed by atoms with Crippen LogP contribution in [0, 0.1) is 5.92 Å². The Morgan fingerprint density at radius 1 is 1.31 bits per heavy atom. The summed E-state index contributed by atoms with van der Waals surface area (Å²) in [5, 5.41) is 2.94. The summed E-state index contributed by atoms with van der Waals surface area (Å²) in [6.07, 6.45) is 2.60. The molecule has 1 fully saturated rings. The van der Waals surface area contributed by atoms with Gasteiger partial charge in [0.2, 0.25) is 5.91 Å². The lowest BCUT2D eigenvalue weighted by Gasteiger charge is -2.32. The lowest BCUT2D eigenvalue weighted by Crippen LogP contribution is -2.45. The van der Waals surface area contributed by atoms with Crippen LogP contribution in [-0.2, 0) is 4.79 Å². The normalized spacial score (nSPS) is 17.2. The Bertz CT molecular complexity index is 604. The minimum absolute atomic E-state index is 0.0554. The van der Waals surface area contributed by atoms with Crippen LogP contribution in [0.25, 0.3) is 0 Å². The van der Waals surface area contributed by atoms with Gasteiger partial charge in [0.25, 0.3) is 5.91 Å². The van der Waals surface area contributed by atoms with Crippen molar-refractivity contribution in [2.24, 2.45) is 5.92 Å². The van der Waals surface area contributed by atoms with Crippen molar-refractivity contribution in [2.45, 2.75) is 26.2 Å². The monoisotopic (exact) mass is 361 g/mol. The first-order valence-electron chi connectivity index (χ1n) is 9.46. The van der Waals surface area contributed by atoms with E-state index >= 15 is 0 Å². The van der Waals surface area contributed by atoms with Crippen LogP contribution in [0.15, 0.2) is 24.3 Å². The van der Waals surface area contributed by atoms with Gasteiger partial charge in [-0.25, -0.2) is 0 Å². The highest BCUT2D eigenvalue weighted by Gasteiger charge is 2.29. The Labute approximate surface area is 156 Å². The Hall–Kier alpha value is -2.08. The summed E-state index contributed by atoms with van der Waals surface area (Å²) in [5.41, 5.74) is 0.570. The highest BCUT2D eigenvalue weighted by molar-refractivity contribution is 5.97. The number of hydrogen-bond donors (Lipinski definition) is 1. The zero-order valence-electron chi connectivity index (χ0n) is 16.2. The van der Waals surface area contributed by atoms with E-state index in [1.807, 2.05) is 44.1 Å². The molecule has 1 N–H and O–H groups in total. The maximum absolute atomic E-state index is 13.0. The summed E-state index contributed by atoms with van der Waals surface area (Å²) < 4.78 is 5.82. The van der Waals surface area contributed by atoms with Crippen molar-refractivity contribution in [3.05, 3.63) is 29.8 Å². The van der Waals surface area contributed by atoms with Crippen LogP contribution in [0.1, 0.15) is 36.5 Å². The quantitative estimate of drug-likeness (QED) is 0.769. The first-order chi connectivity index (χ1) is 12.5. The molecule has 6 heteroatoms. The molecule has 2 rings (SSSR count). The summed E-state index contributed by atoms with van der Waals surface area (Å²) in [4.78, 5) is 29.1. The van der Waals surface area contributed by atoms with E-state index in [9.17, 15) is 9.59 Å². The molecule has 26 heavy (non-hydrogen) atoms. The predicted octanol–water partition coefficient (Wildman–Crippen LogP) is 2.01. The van der Waals surface area contributed by atoms with Crippen molar-refractivity contribution in [1.29, 1.82) is 0 Å². The summed E-state index contributed by atoms with van der Waals surface area (Å²) >= 11 is 0. The lowest BCUT2D eigenvalue weighted by molar-refractivity contribution is -0.126. The van der Waals surface area contributed by atoms with Crippen LogP contribution in [0.2, 0.25) is 0 Å². The van der Waals surface area contributed by atoms with Crippen molar-refractivity contribution in [2.75, 3.05) is 46.9 Å². The number of piperidine rings is 1. The number of carbonyl (C=O) groups excluding carboxylic acids is 2. The molecule has 1 aromatic rings. The highest BCUT2D eigenvalue weighted by atomic mass is 16.5. The first-order valence-corrected chi connectivity index (χ1v) is 9.46. The topological polar surface area (TPSA) is 61.9 Å². The van der Waals surface area contributed by atoms with Crippen LogP contribution >= 0.6 is 0 Å². The molecule has 1 heterocycles. The molecule has 144 valence electrons. The average molecular weight is 361 g/mol. The predicted molar refractivity (Wildman–Crippen MR) is 102 cm³/mol. The van der Waals surface area contributed by atoms with Gasteiger partial charge in [0.15, 0.2) is 0 Å². The third-order valence-electron chi connectivity index (χ3n) is 4.54. The number of nitrogens with one attached hydrogen (secondary N) is 1. The number of carbonyl (C=O) groups is 2. The standard InChI is InChI=1S/C20H31N3O3/c1-4-11-21-19(24)16-8-7-12-23(15-16)20(25)17-9-5-6-10-18(17)26-14-13-22(2)3/h5-6,9-10,16H,4,7-8,11-15H2,1-3H3,(H,21,24). The van der Waals surface area contributed by atoms with Crippen LogP contribution in [0.4, 0.5) is 0 Å². The molecule has 0 aliphatic carbocycles. The van der Waals surface area contributed by atoms with Gasteiger partial charge < -0.3 is 19.9 Å². The molecular weight excluding hydrogens is 330 g/mol. The third kappa shape index (κ3) is 5.73. The zero-order valence-corrected chi connectivity index (χ0v) is 16.2. The van der Waals surface area contributed by atoms with E-state index in [0.29, 0.717) is 37.6 Å². The number of amides is 2. The van der Waals surface area contributed by atoms with Crippen molar-refractivity contribution in [3.63, 3.8) is 0 Å². The van der Waals surface area contributed by atoms with Gasteiger partial charge in [0.1, 0.15) is 12.4 Å². The minimum atomic E-state index is -0.124. The fraction of sp³-hybridized carbons (Fsp3) is 0.600. The van der Waals surface area contributed by atoms with Crippen LogP contribution in [0.3, 0.4) is 0 Å². The molecule has 1 aromatic carbocycles. The molecule has 1 unspecified atom stereocenters. The summed E-state index contributed by atoms with van der Waals surface area (Å²) in [5.74, 6) is 0.483. The third-order valence-corrected chi connectivity index (χ3v) is 4.54. The van der Waals surface area contributed by atoms with Crippen LogP contribution in [-0.4, -0.2) is 68.5 Å². The van der Waals surface area contributed by atoms with Crippen LogP contribution < -0.4 is 10.1 Å². The molecule has 6 nitrogen and oxygen atoms in total. The Morgan fingerprint density at radius 2 is 2.08 bits per heavy atom. The second kappa shape index (κ2) is 10.2. The largest absolute Gasteiger partial charge is 0.491 e. The molecule has 2 amide bonds. The first kappa shape index (κ1) is 20.2.